The van der Waals surface area contributed by atoms with Gasteiger partial charge < -0.3 is 15.2 Å². The summed E-state index contributed by atoms with van der Waals surface area (Å²) in [6.45, 7) is 7.19. The largest absolute Gasteiger partial charge is 0.477 e. The third-order valence-corrected chi connectivity index (χ3v) is 5.65. The highest BCUT2D eigenvalue weighted by molar-refractivity contribution is 7.11. The van der Waals surface area contributed by atoms with Gasteiger partial charge in [0.2, 0.25) is 5.88 Å². The molecule has 3 heterocycles. The number of anilines is 1. The van der Waals surface area contributed by atoms with Gasteiger partial charge in [-0.05, 0) is 38.3 Å². The van der Waals surface area contributed by atoms with Crippen LogP contribution < -0.4 is 10.1 Å². The minimum Gasteiger partial charge on any atom is -0.477 e. The van der Waals surface area contributed by atoms with Gasteiger partial charge in [0.05, 0.1) is 13.2 Å². The van der Waals surface area contributed by atoms with Gasteiger partial charge in [0.1, 0.15) is 21.7 Å². The van der Waals surface area contributed by atoms with E-state index in [2.05, 4.69) is 49.5 Å². The van der Waals surface area contributed by atoms with Gasteiger partial charge in [0.25, 0.3) is 0 Å². The predicted octanol–water partition coefficient (Wildman–Crippen LogP) is 3.31. The molecule has 1 unspecified atom stereocenters. The molecule has 3 aromatic rings. The zero-order valence-electron chi connectivity index (χ0n) is 17.8. The maximum absolute atomic E-state index is 7.00. The van der Waals surface area contributed by atoms with Crippen LogP contribution in [0.5, 0.6) is 5.88 Å². The zero-order valence-corrected chi connectivity index (χ0v) is 18.6. The van der Waals surface area contributed by atoms with E-state index in [4.69, 9.17) is 9.84 Å². The van der Waals surface area contributed by atoms with Crippen molar-refractivity contribution in [2.24, 2.45) is 5.92 Å². The van der Waals surface area contributed by atoms with E-state index in [-0.39, 0.29) is 0 Å². The summed E-state index contributed by atoms with van der Waals surface area (Å²) in [4.78, 5) is 13.4. The molecule has 2 N–H and O–H groups in total. The van der Waals surface area contributed by atoms with Crippen molar-refractivity contribution in [2.75, 3.05) is 19.0 Å². The van der Waals surface area contributed by atoms with Crippen LogP contribution in [0.4, 0.5) is 5.82 Å². The molecule has 0 saturated heterocycles. The third-order valence-electron chi connectivity index (χ3n) is 4.81. The first-order valence-electron chi connectivity index (χ1n) is 10.0. The highest BCUT2D eigenvalue weighted by Crippen LogP contribution is 2.46. The molecular weight excluding hydrogens is 400 g/mol. The number of aromatic nitrogens is 5. The molecule has 0 spiro atoms. The van der Waals surface area contributed by atoms with Crippen LogP contribution in [0, 0.1) is 19.8 Å². The van der Waals surface area contributed by atoms with Crippen molar-refractivity contribution in [1.29, 1.82) is 0 Å². The van der Waals surface area contributed by atoms with Gasteiger partial charge in [-0.1, -0.05) is 24.3 Å². The maximum atomic E-state index is 7.00. The number of pyridine rings is 1. The Balaban J connectivity index is 0.00000124. The molecule has 3 aromatic heterocycles. The molecule has 2 atom stereocenters. The predicted molar refractivity (Wildman–Crippen MR) is 117 cm³/mol. The second-order valence-corrected chi connectivity index (χ2v) is 8.33. The lowest BCUT2D eigenvalue weighted by atomic mass is 10.1. The number of nitrogens with one attached hydrogen (secondary N) is 1. The van der Waals surface area contributed by atoms with Gasteiger partial charge in [-0.3, -0.25) is 4.98 Å². The molecule has 1 saturated carbocycles. The topological polar surface area (TPSA) is 106 Å². The average Bonchev–Trinajstić information content (AvgIpc) is 3.43. The Hall–Kier alpha value is -2.65. The van der Waals surface area contributed by atoms with Crippen LogP contribution >= 0.6 is 11.3 Å². The number of nitrogens with zero attached hydrogens (tertiary/aromatic N) is 5. The molecule has 160 valence electrons. The summed E-state index contributed by atoms with van der Waals surface area (Å²) in [5.74, 6) is 3.00. The fraction of sp³-hybridized carbons (Fsp3) is 0.476. The summed E-state index contributed by atoms with van der Waals surface area (Å²) in [5, 5.41) is 20.3. The van der Waals surface area contributed by atoms with E-state index < -0.39 is 0 Å². The van der Waals surface area contributed by atoms with Gasteiger partial charge in [-0.2, -0.15) is 4.98 Å². The van der Waals surface area contributed by atoms with E-state index in [1.807, 2.05) is 26.1 Å². The van der Waals surface area contributed by atoms with Crippen molar-refractivity contribution in [2.45, 2.75) is 46.1 Å². The molecule has 9 heteroatoms. The van der Waals surface area contributed by atoms with Crippen LogP contribution in [0.15, 0.2) is 24.4 Å². The Morgan fingerprint density at radius 3 is 2.70 bits per heavy atom. The molecule has 1 aliphatic rings. The molecule has 0 aliphatic heterocycles. The number of aliphatic hydroxyl groups is 1. The second-order valence-electron chi connectivity index (χ2n) is 7.07. The number of aryl methyl sites for hydroxylation is 3. The van der Waals surface area contributed by atoms with Crippen molar-refractivity contribution in [3.63, 3.8) is 0 Å². The first-order valence-corrected chi connectivity index (χ1v) is 10.8. The summed E-state index contributed by atoms with van der Waals surface area (Å²) in [6.07, 6.45) is 4.12. The van der Waals surface area contributed by atoms with E-state index >= 15 is 0 Å². The quantitative estimate of drug-likeness (QED) is 0.563. The summed E-state index contributed by atoms with van der Waals surface area (Å²) in [7, 11) is 1.00. The molecule has 0 bridgehead atoms. The molecule has 1 fully saturated rings. The standard InChI is InChI=1S/C20H24N6OS.CH4O/c1-4-14-5-6-17(21-9-14)16-7-15(16)11-27-19-8-18(23-12(2)24-19)22-10-20-26-25-13(3)28-20;1-2/h5-6,8-9,15-16H,4,7,10-11H2,1-3H3,(H,22,23,24);2H,1H3/t15-,16?;/m1./s1. The van der Waals surface area contributed by atoms with Crippen LogP contribution in [-0.2, 0) is 13.0 Å². The summed E-state index contributed by atoms with van der Waals surface area (Å²) in [6, 6.07) is 6.16. The third kappa shape index (κ3) is 5.93. The number of hydrogen-bond donors (Lipinski definition) is 2. The van der Waals surface area contributed by atoms with E-state index in [0.717, 1.165) is 35.8 Å². The number of ether oxygens (including phenoxy) is 1. The van der Waals surface area contributed by atoms with Crippen molar-refractivity contribution in [3.05, 3.63) is 51.5 Å². The highest BCUT2D eigenvalue weighted by atomic mass is 32.1. The molecule has 0 amide bonds. The van der Waals surface area contributed by atoms with Gasteiger partial charge in [-0.15, -0.1) is 10.2 Å². The molecule has 30 heavy (non-hydrogen) atoms. The zero-order chi connectivity index (χ0) is 21.5. The minimum absolute atomic E-state index is 0.493. The normalized spacial score (nSPS) is 17.1. The number of rotatable bonds is 8. The lowest BCUT2D eigenvalue weighted by Gasteiger charge is -2.09. The van der Waals surface area contributed by atoms with Gasteiger partial charge in [0.15, 0.2) is 0 Å². The molecule has 0 radical (unpaired) electrons. The SMILES string of the molecule is CCc1ccc(C2C[C@@H]2COc2cc(NCc3nnc(C)s3)nc(C)n2)nc1.CO. The van der Waals surface area contributed by atoms with Crippen molar-refractivity contribution in [3.8, 4) is 5.88 Å². The van der Waals surface area contributed by atoms with Crippen LogP contribution in [0.2, 0.25) is 0 Å². The summed E-state index contributed by atoms with van der Waals surface area (Å²) < 4.78 is 5.96. The monoisotopic (exact) mass is 428 g/mol. The number of aliphatic hydroxyl groups excluding tert-OH is 1. The highest BCUT2D eigenvalue weighted by Gasteiger charge is 2.40. The Kier molecular flexibility index (Phi) is 7.64. The Morgan fingerprint density at radius 1 is 1.20 bits per heavy atom. The maximum Gasteiger partial charge on any atom is 0.218 e. The molecule has 1 aliphatic carbocycles. The fourth-order valence-corrected chi connectivity index (χ4v) is 3.78. The Morgan fingerprint density at radius 2 is 2.03 bits per heavy atom. The average molecular weight is 429 g/mol. The Bertz CT molecular complexity index is 947. The van der Waals surface area contributed by atoms with Crippen LogP contribution in [0.1, 0.15) is 46.4 Å². The summed E-state index contributed by atoms with van der Waals surface area (Å²) >= 11 is 1.57. The second kappa shape index (κ2) is 10.4. The first-order chi connectivity index (χ1) is 14.6. The lowest BCUT2D eigenvalue weighted by molar-refractivity contribution is 0.284. The van der Waals surface area contributed by atoms with Crippen molar-refractivity contribution >= 4 is 17.2 Å². The smallest absolute Gasteiger partial charge is 0.218 e. The van der Waals surface area contributed by atoms with Gasteiger partial charge >= 0.3 is 0 Å². The first kappa shape index (κ1) is 22.0. The van der Waals surface area contributed by atoms with Crippen LogP contribution in [0.25, 0.3) is 0 Å². The molecule has 0 aromatic carbocycles. The van der Waals surface area contributed by atoms with E-state index in [1.54, 1.807) is 11.3 Å². The van der Waals surface area contributed by atoms with Gasteiger partial charge in [0, 0.05) is 36.9 Å². The molecule has 8 nitrogen and oxygen atoms in total. The van der Waals surface area contributed by atoms with E-state index in [1.165, 1.54) is 11.3 Å². The van der Waals surface area contributed by atoms with Gasteiger partial charge in [-0.25, -0.2) is 4.98 Å². The van der Waals surface area contributed by atoms with Crippen molar-refractivity contribution < 1.29 is 9.84 Å². The lowest BCUT2D eigenvalue weighted by Crippen LogP contribution is -2.07. The molecular formula is C21H28N6O2S. The fourth-order valence-electron chi connectivity index (χ4n) is 3.13. The van der Waals surface area contributed by atoms with E-state index in [0.29, 0.717) is 36.7 Å². The minimum atomic E-state index is 0.493. The van der Waals surface area contributed by atoms with Crippen molar-refractivity contribution in [1.82, 2.24) is 25.1 Å². The number of hydrogen-bond acceptors (Lipinski definition) is 9. The van der Waals surface area contributed by atoms with Crippen LogP contribution in [0.3, 0.4) is 0 Å². The van der Waals surface area contributed by atoms with E-state index in [9.17, 15) is 0 Å². The van der Waals surface area contributed by atoms with Crippen LogP contribution in [-0.4, -0.2) is 44.0 Å². The Labute approximate surface area is 180 Å². The molecule has 4 rings (SSSR count). The summed E-state index contributed by atoms with van der Waals surface area (Å²) in [5.41, 5.74) is 2.44.